The normalized spacial score (nSPS) is 10.5. The summed E-state index contributed by atoms with van der Waals surface area (Å²) >= 11 is 3.42. The predicted molar refractivity (Wildman–Crippen MR) is 84.0 cm³/mol. The van der Waals surface area contributed by atoms with Gasteiger partial charge in [-0.05, 0) is 49.2 Å². The molecular formula is C15H14BrFN2O2. The monoisotopic (exact) mass is 352 g/mol. The lowest BCUT2D eigenvalue weighted by atomic mass is 10.1. The molecule has 0 fully saturated rings. The van der Waals surface area contributed by atoms with Gasteiger partial charge in [-0.2, -0.15) is 0 Å². The van der Waals surface area contributed by atoms with Crippen LogP contribution in [0.25, 0.3) is 0 Å². The maximum atomic E-state index is 13.3. The molecule has 0 spiro atoms. The zero-order valence-corrected chi connectivity index (χ0v) is 13.2. The Labute approximate surface area is 130 Å². The van der Waals surface area contributed by atoms with Gasteiger partial charge in [-0.15, -0.1) is 0 Å². The molecule has 0 atom stereocenters. The fourth-order valence-corrected chi connectivity index (χ4v) is 2.93. The summed E-state index contributed by atoms with van der Waals surface area (Å²) in [5.41, 5.74) is 3.16. The van der Waals surface area contributed by atoms with Gasteiger partial charge in [0, 0.05) is 22.8 Å². The Bertz CT molecular complexity index is 681. The molecule has 0 aliphatic heterocycles. The number of nitro groups is 1. The molecule has 0 amide bonds. The topological polar surface area (TPSA) is 55.2 Å². The third-order valence-electron chi connectivity index (χ3n) is 3.19. The quantitative estimate of drug-likeness (QED) is 0.639. The highest BCUT2D eigenvalue weighted by Crippen LogP contribution is 2.27. The lowest BCUT2D eigenvalue weighted by molar-refractivity contribution is -0.385. The van der Waals surface area contributed by atoms with Crippen LogP contribution >= 0.6 is 15.9 Å². The molecule has 1 N–H and O–H groups in total. The van der Waals surface area contributed by atoms with Crippen molar-refractivity contribution in [3.05, 3.63) is 67.4 Å². The van der Waals surface area contributed by atoms with Crippen molar-refractivity contribution in [3.63, 3.8) is 0 Å². The number of halogens is 2. The second kappa shape index (κ2) is 6.22. The molecule has 21 heavy (non-hydrogen) atoms. The van der Waals surface area contributed by atoms with E-state index in [4.69, 9.17) is 0 Å². The highest BCUT2D eigenvalue weighted by Gasteiger charge is 2.15. The molecule has 0 aliphatic rings. The van der Waals surface area contributed by atoms with Crippen LogP contribution in [0.5, 0.6) is 0 Å². The van der Waals surface area contributed by atoms with Crippen molar-refractivity contribution >= 4 is 27.3 Å². The molecule has 2 rings (SSSR count). The van der Waals surface area contributed by atoms with E-state index in [0.717, 1.165) is 27.4 Å². The average molecular weight is 353 g/mol. The van der Waals surface area contributed by atoms with Crippen molar-refractivity contribution in [2.45, 2.75) is 20.4 Å². The molecule has 2 aromatic carbocycles. The van der Waals surface area contributed by atoms with Crippen molar-refractivity contribution in [3.8, 4) is 0 Å². The molecule has 0 saturated heterocycles. The van der Waals surface area contributed by atoms with Gasteiger partial charge < -0.3 is 5.32 Å². The Kier molecular flexibility index (Phi) is 4.57. The first-order chi connectivity index (χ1) is 9.88. The van der Waals surface area contributed by atoms with Crippen molar-refractivity contribution in [1.29, 1.82) is 0 Å². The lowest BCUT2D eigenvalue weighted by Crippen LogP contribution is -2.06. The van der Waals surface area contributed by atoms with E-state index in [2.05, 4.69) is 21.2 Å². The zero-order chi connectivity index (χ0) is 15.6. The van der Waals surface area contributed by atoms with Crippen LogP contribution in [0.1, 0.15) is 16.7 Å². The summed E-state index contributed by atoms with van der Waals surface area (Å²) in [6, 6.07) is 7.38. The molecular weight excluding hydrogens is 339 g/mol. The number of hydrogen-bond acceptors (Lipinski definition) is 3. The third-order valence-corrected chi connectivity index (χ3v) is 3.65. The first-order valence-electron chi connectivity index (χ1n) is 6.32. The van der Waals surface area contributed by atoms with Crippen LogP contribution in [0, 0.1) is 29.8 Å². The molecule has 0 aromatic heterocycles. The van der Waals surface area contributed by atoms with E-state index in [-0.39, 0.29) is 12.2 Å². The number of hydrogen-bond donors (Lipinski definition) is 1. The Morgan fingerprint density at radius 1 is 1.24 bits per heavy atom. The summed E-state index contributed by atoms with van der Waals surface area (Å²) < 4.78 is 14.3. The highest BCUT2D eigenvalue weighted by atomic mass is 79.9. The van der Waals surface area contributed by atoms with Crippen LogP contribution in [0.15, 0.2) is 34.8 Å². The summed E-state index contributed by atoms with van der Waals surface area (Å²) in [5, 5.41) is 14.1. The van der Waals surface area contributed by atoms with E-state index < -0.39 is 10.7 Å². The molecule has 4 nitrogen and oxygen atoms in total. The summed E-state index contributed by atoms with van der Waals surface area (Å²) in [5.74, 6) is -0.485. The van der Waals surface area contributed by atoms with Gasteiger partial charge >= 0.3 is 0 Å². The molecule has 2 aromatic rings. The Balaban J connectivity index is 2.28. The predicted octanol–water partition coefficient (Wildman–Crippen LogP) is 4.73. The smallest absolute Gasteiger partial charge is 0.274 e. The molecule has 0 radical (unpaired) electrons. The number of nitrogens with one attached hydrogen (secondary N) is 1. The SMILES string of the molecule is Cc1cc(Br)cc(C)c1NCc1cc(F)ccc1[N+](=O)[O-]. The maximum absolute atomic E-state index is 13.3. The fourth-order valence-electron chi connectivity index (χ4n) is 2.25. The van der Waals surface area contributed by atoms with Gasteiger partial charge in [-0.1, -0.05) is 15.9 Å². The maximum Gasteiger partial charge on any atom is 0.274 e. The van der Waals surface area contributed by atoms with E-state index in [1.54, 1.807) is 0 Å². The first-order valence-corrected chi connectivity index (χ1v) is 7.11. The minimum atomic E-state index is -0.502. The van der Waals surface area contributed by atoms with E-state index in [0.29, 0.717) is 5.56 Å². The number of rotatable bonds is 4. The van der Waals surface area contributed by atoms with E-state index in [1.807, 2.05) is 26.0 Å². The summed E-state index contributed by atoms with van der Waals surface area (Å²) in [6.07, 6.45) is 0. The van der Waals surface area contributed by atoms with Gasteiger partial charge in [-0.3, -0.25) is 10.1 Å². The van der Waals surface area contributed by atoms with E-state index in [9.17, 15) is 14.5 Å². The van der Waals surface area contributed by atoms with Crippen LogP contribution in [0.3, 0.4) is 0 Å². The van der Waals surface area contributed by atoms with Crippen LogP contribution in [-0.4, -0.2) is 4.92 Å². The van der Waals surface area contributed by atoms with Crippen LogP contribution in [0.4, 0.5) is 15.8 Å². The second-order valence-corrected chi connectivity index (χ2v) is 5.71. The first kappa shape index (κ1) is 15.4. The minimum Gasteiger partial charge on any atom is -0.380 e. The summed E-state index contributed by atoms with van der Waals surface area (Å²) in [4.78, 5) is 10.5. The lowest BCUT2D eigenvalue weighted by Gasteiger charge is -2.13. The van der Waals surface area contributed by atoms with Crippen LogP contribution in [-0.2, 0) is 6.54 Å². The minimum absolute atomic E-state index is 0.0867. The van der Waals surface area contributed by atoms with Crippen molar-refractivity contribution in [2.75, 3.05) is 5.32 Å². The number of anilines is 1. The van der Waals surface area contributed by atoms with Gasteiger partial charge in [0.05, 0.1) is 10.5 Å². The summed E-state index contributed by atoms with van der Waals surface area (Å²) in [7, 11) is 0. The van der Waals surface area contributed by atoms with Crippen molar-refractivity contribution < 1.29 is 9.31 Å². The number of aryl methyl sites for hydroxylation is 2. The van der Waals surface area contributed by atoms with Crippen LogP contribution < -0.4 is 5.32 Å². The van der Waals surface area contributed by atoms with Gasteiger partial charge in [-0.25, -0.2) is 4.39 Å². The molecule has 0 saturated carbocycles. The van der Waals surface area contributed by atoms with Gasteiger partial charge in [0.1, 0.15) is 5.82 Å². The van der Waals surface area contributed by atoms with Gasteiger partial charge in [0.25, 0.3) is 5.69 Å². The second-order valence-electron chi connectivity index (χ2n) is 4.80. The van der Waals surface area contributed by atoms with Gasteiger partial charge in [0.15, 0.2) is 0 Å². The summed E-state index contributed by atoms with van der Waals surface area (Å²) in [6.45, 7) is 4.08. The Morgan fingerprint density at radius 3 is 2.43 bits per heavy atom. The van der Waals surface area contributed by atoms with E-state index >= 15 is 0 Å². The van der Waals surface area contributed by atoms with Gasteiger partial charge in [0.2, 0.25) is 0 Å². The standard InChI is InChI=1S/C15H14BrFN2O2/c1-9-5-12(16)6-10(2)15(9)18-8-11-7-13(17)3-4-14(11)19(20)21/h3-7,18H,8H2,1-2H3. The largest absolute Gasteiger partial charge is 0.380 e. The molecule has 0 bridgehead atoms. The molecule has 110 valence electrons. The zero-order valence-electron chi connectivity index (χ0n) is 11.6. The van der Waals surface area contributed by atoms with Crippen molar-refractivity contribution in [2.24, 2.45) is 0 Å². The highest BCUT2D eigenvalue weighted by molar-refractivity contribution is 9.10. The molecule has 0 aliphatic carbocycles. The third kappa shape index (κ3) is 3.58. The fraction of sp³-hybridized carbons (Fsp3) is 0.200. The number of nitro benzene ring substituents is 1. The molecule has 6 heteroatoms. The number of benzene rings is 2. The van der Waals surface area contributed by atoms with Crippen LogP contribution in [0.2, 0.25) is 0 Å². The Morgan fingerprint density at radius 2 is 1.86 bits per heavy atom. The molecule has 0 unspecified atom stereocenters. The molecule has 0 heterocycles. The Hall–Kier alpha value is -1.95. The number of nitrogens with zero attached hydrogens (tertiary/aromatic N) is 1. The average Bonchev–Trinajstić information content (AvgIpc) is 2.37. The van der Waals surface area contributed by atoms with Crippen molar-refractivity contribution in [1.82, 2.24) is 0 Å². The van der Waals surface area contributed by atoms with E-state index in [1.165, 1.54) is 12.1 Å².